The van der Waals surface area contributed by atoms with E-state index in [2.05, 4.69) is 19.8 Å². The van der Waals surface area contributed by atoms with Crippen molar-refractivity contribution in [2.24, 2.45) is 0 Å². The summed E-state index contributed by atoms with van der Waals surface area (Å²) in [6.07, 6.45) is 1.32. The molecule has 2 aromatic rings. The zero-order chi connectivity index (χ0) is 25.5. The van der Waals surface area contributed by atoms with Crippen LogP contribution in [0.25, 0.3) is 0 Å². The van der Waals surface area contributed by atoms with Crippen molar-refractivity contribution in [2.75, 3.05) is 12.3 Å². The number of hydrogen-bond acceptors (Lipinski definition) is 8. The van der Waals surface area contributed by atoms with Crippen molar-refractivity contribution < 1.29 is 33.7 Å². The van der Waals surface area contributed by atoms with Gasteiger partial charge >= 0.3 is 7.82 Å². The summed E-state index contributed by atoms with van der Waals surface area (Å²) in [4.78, 5) is 49.5. The molecule has 13 nitrogen and oxygen atoms in total. The summed E-state index contributed by atoms with van der Waals surface area (Å²) in [5.74, 6) is 0.106. The highest BCUT2D eigenvalue weighted by atomic mass is 32.1. The predicted molar refractivity (Wildman–Crippen MR) is 127 cm³/mol. The predicted octanol–water partition coefficient (Wildman–Crippen LogP) is 1.87. The Morgan fingerprint density at radius 1 is 1.35 bits per heavy atom. The van der Waals surface area contributed by atoms with Crippen LogP contribution < -0.4 is 11.1 Å². The minimum atomic E-state index is -4.76. The summed E-state index contributed by atoms with van der Waals surface area (Å²) in [6, 6.07) is 5.51. The molecule has 6 N–H and O–H groups in total. The number of nitrogen functional groups attached to an aromatic ring is 1. The number of aromatic nitrogens is 2. The Balaban J connectivity index is 2.35. The largest absolute Gasteiger partial charge is 0.469 e. The lowest BCUT2D eigenvalue weighted by molar-refractivity contribution is -0.385. The van der Waals surface area contributed by atoms with E-state index >= 15 is 0 Å². The number of amides is 1. The third kappa shape index (κ3) is 8.09. The topological polar surface area (TPSA) is 211 Å². The van der Waals surface area contributed by atoms with E-state index in [0.717, 1.165) is 0 Å². The SMILES string of the molecule is C/C(C(=O)NCc1cnc(C)nc1N)=C(CCOP(=O)(O)O)/[SH]=C(\O)c1ccccc1[N+](=O)[O-]. The lowest BCUT2D eigenvalue weighted by atomic mass is 10.2. The van der Waals surface area contributed by atoms with Crippen LogP contribution in [0.5, 0.6) is 0 Å². The van der Waals surface area contributed by atoms with Gasteiger partial charge in [0.1, 0.15) is 16.7 Å². The zero-order valence-corrected chi connectivity index (χ0v) is 20.0. The normalized spacial score (nSPS) is 13.0. The molecule has 0 aliphatic carbocycles. The van der Waals surface area contributed by atoms with Crippen molar-refractivity contribution in [3.05, 3.63) is 68.0 Å². The molecular formula is C19H24N5O8PS. The molecule has 0 radical (unpaired) electrons. The molecular weight excluding hydrogens is 489 g/mol. The molecule has 34 heavy (non-hydrogen) atoms. The Hall–Kier alpha value is -3.00. The molecule has 2 rings (SSSR count). The first-order chi connectivity index (χ1) is 15.9. The molecule has 0 aliphatic rings. The van der Waals surface area contributed by atoms with Gasteiger partial charge in [-0.2, -0.15) is 0 Å². The van der Waals surface area contributed by atoms with E-state index in [4.69, 9.17) is 15.5 Å². The number of hydrogen-bond donors (Lipinski definition) is 6. The smallest absolute Gasteiger partial charge is 0.383 e. The summed E-state index contributed by atoms with van der Waals surface area (Å²) in [6.45, 7) is 2.65. The molecule has 1 aromatic heterocycles. The average molecular weight is 513 g/mol. The fourth-order valence-corrected chi connectivity index (χ4v) is 4.05. The van der Waals surface area contributed by atoms with Gasteiger partial charge in [-0.25, -0.2) is 14.5 Å². The number of benzene rings is 1. The van der Waals surface area contributed by atoms with Crippen molar-refractivity contribution in [2.45, 2.75) is 26.8 Å². The standard InChI is InChI=1S/C19H24N5O8PS/c1-11(18(25)22-10-13-9-21-12(2)23-17(13)20)16(7-8-32-33(29,30)31)34-19(26)14-5-3-4-6-15(14)24(27)28/h3-6,9,26,34H,7-8,10H2,1-2H3,(H,22,25)(H2,20,21,23)(H2,29,30,31)/b16-11-. The van der Waals surface area contributed by atoms with Gasteiger partial charge in [0, 0.05) is 36.4 Å². The van der Waals surface area contributed by atoms with Crippen LogP contribution in [-0.4, -0.2) is 47.3 Å². The van der Waals surface area contributed by atoms with Crippen LogP contribution in [0, 0.1) is 17.0 Å². The summed E-state index contributed by atoms with van der Waals surface area (Å²) in [7, 11) is -4.76. The van der Waals surface area contributed by atoms with E-state index < -0.39 is 30.3 Å². The van der Waals surface area contributed by atoms with E-state index in [-0.39, 0.29) is 51.9 Å². The van der Waals surface area contributed by atoms with E-state index in [1.54, 1.807) is 6.92 Å². The second-order valence-corrected chi connectivity index (χ2v) is 9.29. The van der Waals surface area contributed by atoms with Crippen LogP contribution in [0.3, 0.4) is 0 Å². The number of phosphoric acid groups is 1. The van der Waals surface area contributed by atoms with Gasteiger partial charge < -0.3 is 25.9 Å². The highest BCUT2D eigenvalue weighted by molar-refractivity contribution is 8.02. The van der Waals surface area contributed by atoms with Crippen molar-refractivity contribution in [3.8, 4) is 0 Å². The number of carbonyl (C=O) groups is 1. The lowest BCUT2D eigenvalue weighted by Gasteiger charge is -2.13. The molecule has 0 unspecified atom stereocenters. The number of anilines is 1. The summed E-state index contributed by atoms with van der Waals surface area (Å²) in [5.41, 5.74) is 6.02. The van der Waals surface area contributed by atoms with Crippen molar-refractivity contribution in [1.29, 1.82) is 0 Å². The van der Waals surface area contributed by atoms with E-state index in [1.807, 2.05) is 0 Å². The number of nitrogens with zero attached hydrogens (tertiary/aromatic N) is 3. The summed E-state index contributed by atoms with van der Waals surface area (Å²) >= 11 is 0.0243. The second-order valence-electron chi connectivity index (χ2n) is 6.87. The molecule has 0 bridgehead atoms. The first-order valence-corrected chi connectivity index (χ1v) is 12.1. The molecule has 0 fully saturated rings. The van der Waals surface area contributed by atoms with Crippen molar-refractivity contribution in [3.63, 3.8) is 0 Å². The van der Waals surface area contributed by atoms with Gasteiger partial charge in [0.15, 0.2) is 0 Å². The van der Waals surface area contributed by atoms with Gasteiger partial charge in [0.25, 0.3) is 5.69 Å². The fraction of sp³-hybridized carbons (Fsp3) is 0.263. The van der Waals surface area contributed by atoms with Crippen molar-refractivity contribution >= 4 is 41.6 Å². The molecule has 184 valence electrons. The minimum absolute atomic E-state index is 0.00525. The number of nitrogens with one attached hydrogen (secondary N) is 1. The second kappa shape index (κ2) is 11.9. The molecule has 0 atom stereocenters. The minimum Gasteiger partial charge on any atom is -0.383 e. The number of para-hydroxylation sites is 1. The van der Waals surface area contributed by atoms with Gasteiger partial charge in [-0.3, -0.25) is 19.4 Å². The number of nitrogens with two attached hydrogens (primary N) is 1. The van der Waals surface area contributed by atoms with Gasteiger partial charge in [0.2, 0.25) is 5.91 Å². The van der Waals surface area contributed by atoms with Crippen molar-refractivity contribution in [1.82, 2.24) is 15.3 Å². The van der Waals surface area contributed by atoms with E-state index in [9.17, 15) is 24.6 Å². The molecule has 0 spiro atoms. The number of carbonyl (C=O) groups excluding carboxylic acids is 1. The third-order valence-corrected chi connectivity index (χ3v) is 6.21. The van der Waals surface area contributed by atoms with Gasteiger partial charge in [0.05, 0.1) is 17.1 Å². The lowest BCUT2D eigenvalue weighted by Crippen LogP contribution is -2.25. The Morgan fingerprint density at radius 2 is 2.03 bits per heavy atom. The Bertz CT molecular complexity index is 1200. The fourth-order valence-electron chi connectivity index (χ4n) is 2.69. The number of nitro groups is 1. The van der Waals surface area contributed by atoms with Gasteiger partial charge in [-0.15, -0.1) is 11.4 Å². The summed E-state index contributed by atoms with van der Waals surface area (Å²) in [5, 5.41) is 24.1. The quantitative estimate of drug-likeness (QED) is 0.0674. The van der Waals surface area contributed by atoms with Crippen LogP contribution in [0.4, 0.5) is 11.5 Å². The number of thiol groups is 1. The highest BCUT2D eigenvalue weighted by Crippen LogP contribution is 2.36. The first-order valence-electron chi connectivity index (χ1n) is 9.66. The number of phosphoric ester groups is 1. The van der Waals surface area contributed by atoms with Crippen LogP contribution in [-0.2, 0) is 20.4 Å². The van der Waals surface area contributed by atoms with E-state index in [0.29, 0.717) is 11.4 Å². The maximum atomic E-state index is 12.7. The molecule has 0 aliphatic heterocycles. The number of rotatable bonds is 10. The van der Waals surface area contributed by atoms with Gasteiger partial charge in [-0.05, 0) is 24.8 Å². The molecule has 1 aromatic carbocycles. The maximum absolute atomic E-state index is 12.7. The molecule has 1 heterocycles. The van der Waals surface area contributed by atoms with Crippen LogP contribution in [0.1, 0.15) is 30.3 Å². The number of aliphatic hydroxyl groups excluding tert-OH is 1. The zero-order valence-electron chi connectivity index (χ0n) is 18.2. The molecule has 0 saturated carbocycles. The Morgan fingerprint density at radius 3 is 2.65 bits per heavy atom. The number of aliphatic hydroxyl groups is 1. The highest BCUT2D eigenvalue weighted by Gasteiger charge is 2.19. The molecule has 1 amide bonds. The van der Waals surface area contributed by atoms with E-state index in [1.165, 1.54) is 37.4 Å². The Kier molecular flexibility index (Phi) is 9.55. The first kappa shape index (κ1) is 27.2. The summed E-state index contributed by atoms with van der Waals surface area (Å²) < 4.78 is 15.5. The molecule has 15 heteroatoms. The number of nitro benzene ring substituents is 1. The Labute approximate surface area is 198 Å². The van der Waals surface area contributed by atoms with Crippen LogP contribution >= 0.6 is 19.2 Å². The third-order valence-electron chi connectivity index (χ3n) is 4.41. The maximum Gasteiger partial charge on any atom is 0.469 e. The van der Waals surface area contributed by atoms with Crippen LogP contribution in [0.15, 0.2) is 40.9 Å². The van der Waals surface area contributed by atoms with Crippen LogP contribution in [0.2, 0.25) is 0 Å². The monoisotopic (exact) mass is 513 g/mol. The average Bonchev–Trinajstić information content (AvgIpc) is 2.76. The number of aryl methyl sites for hydroxylation is 1. The van der Waals surface area contributed by atoms with Gasteiger partial charge in [-0.1, -0.05) is 12.1 Å². The molecule has 0 saturated heterocycles.